The van der Waals surface area contributed by atoms with E-state index in [1.54, 1.807) is 10.7 Å². The second-order valence-corrected chi connectivity index (χ2v) is 8.67. The number of hydrogen-bond donors (Lipinski definition) is 1. The lowest BCUT2D eigenvalue weighted by Crippen LogP contribution is -2.29. The highest BCUT2D eigenvalue weighted by molar-refractivity contribution is 6.30. The molecule has 0 bridgehead atoms. The number of fused-ring (bicyclic) bond motifs is 1. The van der Waals surface area contributed by atoms with Gasteiger partial charge in [-0.25, -0.2) is 9.50 Å². The van der Waals surface area contributed by atoms with E-state index in [1.807, 2.05) is 43.5 Å². The number of ether oxygens (including phenoxy) is 1. The van der Waals surface area contributed by atoms with Crippen LogP contribution in [-0.4, -0.2) is 44.4 Å². The zero-order valence-corrected chi connectivity index (χ0v) is 18.2. The van der Waals surface area contributed by atoms with Crippen LogP contribution in [0.25, 0.3) is 5.65 Å². The minimum absolute atomic E-state index is 0.0145. The Kier molecular flexibility index (Phi) is 6.44. The summed E-state index contributed by atoms with van der Waals surface area (Å²) < 4.78 is 7.35. The van der Waals surface area contributed by atoms with Crippen molar-refractivity contribution < 1.29 is 9.53 Å². The molecule has 1 aliphatic carbocycles. The van der Waals surface area contributed by atoms with Crippen LogP contribution in [0, 0.1) is 6.92 Å². The molecule has 0 saturated heterocycles. The standard InChI is InChI=1S/C22H24Cl2N4O2/c1-14-17(22(29)25-9-10-30-16-5-3-2-4-6-16)12-26-21-18(13-27-28(14)21)15-7-8-19(23)20(24)11-15/h2-6,12-13,15,19-20H,7-11H2,1H3,(H,25,29). The lowest BCUT2D eigenvalue weighted by Gasteiger charge is -2.28. The van der Waals surface area contributed by atoms with Crippen molar-refractivity contribution in [2.45, 2.75) is 42.9 Å². The fourth-order valence-corrected chi connectivity index (χ4v) is 4.45. The first kappa shape index (κ1) is 20.9. The maximum Gasteiger partial charge on any atom is 0.254 e. The van der Waals surface area contributed by atoms with Gasteiger partial charge in [0.05, 0.1) is 29.4 Å². The highest BCUT2D eigenvalue weighted by atomic mass is 35.5. The first-order chi connectivity index (χ1) is 14.5. The van der Waals surface area contributed by atoms with Crippen molar-refractivity contribution in [3.8, 4) is 5.75 Å². The molecule has 30 heavy (non-hydrogen) atoms. The van der Waals surface area contributed by atoms with Gasteiger partial charge >= 0.3 is 0 Å². The number of benzene rings is 1. The number of hydrogen-bond acceptors (Lipinski definition) is 4. The third-order valence-corrected chi connectivity index (χ3v) is 6.71. The van der Waals surface area contributed by atoms with E-state index in [-0.39, 0.29) is 22.6 Å². The minimum Gasteiger partial charge on any atom is -0.492 e. The highest BCUT2D eigenvalue weighted by Crippen LogP contribution is 2.38. The predicted octanol–water partition coefficient (Wildman–Crippen LogP) is 4.33. The average molecular weight is 447 g/mol. The van der Waals surface area contributed by atoms with Crippen LogP contribution >= 0.6 is 23.2 Å². The molecule has 158 valence electrons. The van der Waals surface area contributed by atoms with E-state index >= 15 is 0 Å². The van der Waals surface area contributed by atoms with E-state index in [4.69, 9.17) is 27.9 Å². The highest BCUT2D eigenvalue weighted by Gasteiger charge is 2.30. The van der Waals surface area contributed by atoms with Crippen LogP contribution in [-0.2, 0) is 0 Å². The Balaban J connectivity index is 1.42. The number of carbonyl (C=O) groups excluding carboxylic acids is 1. The molecule has 3 aromatic rings. The van der Waals surface area contributed by atoms with Crippen LogP contribution in [0.1, 0.15) is 46.8 Å². The summed E-state index contributed by atoms with van der Waals surface area (Å²) in [5.41, 5.74) is 3.09. The monoisotopic (exact) mass is 446 g/mol. The van der Waals surface area contributed by atoms with E-state index in [0.717, 1.165) is 41.9 Å². The van der Waals surface area contributed by atoms with Crippen LogP contribution in [0.3, 0.4) is 0 Å². The Labute approximate surface area is 185 Å². The van der Waals surface area contributed by atoms with Crippen molar-refractivity contribution in [3.63, 3.8) is 0 Å². The van der Waals surface area contributed by atoms with Gasteiger partial charge < -0.3 is 10.1 Å². The fourth-order valence-electron chi connectivity index (χ4n) is 3.88. The number of rotatable bonds is 6. The number of alkyl halides is 2. The first-order valence-electron chi connectivity index (χ1n) is 10.1. The SMILES string of the molecule is Cc1c(C(=O)NCCOc2ccccc2)cnc2c(C3CCC(Cl)C(Cl)C3)cnn12. The summed E-state index contributed by atoms with van der Waals surface area (Å²) in [7, 11) is 0. The number of aromatic nitrogens is 3. The molecule has 2 heterocycles. The number of halogens is 2. The molecular weight excluding hydrogens is 423 g/mol. The van der Waals surface area contributed by atoms with E-state index < -0.39 is 0 Å². The molecule has 1 N–H and O–H groups in total. The molecule has 1 fully saturated rings. The van der Waals surface area contributed by atoms with Crippen molar-refractivity contribution >= 4 is 34.8 Å². The van der Waals surface area contributed by atoms with E-state index in [1.165, 1.54) is 0 Å². The van der Waals surface area contributed by atoms with E-state index in [2.05, 4.69) is 15.4 Å². The number of aryl methyl sites for hydroxylation is 1. The fraction of sp³-hybridized carbons (Fsp3) is 0.409. The molecule has 3 atom stereocenters. The maximum absolute atomic E-state index is 12.6. The quantitative estimate of drug-likeness (QED) is 0.451. The molecule has 1 amide bonds. The summed E-state index contributed by atoms with van der Waals surface area (Å²) in [4.78, 5) is 17.2. The molecular formula is C22H24Cl2N4O2. The van der Waals surface area contributed by atoms with Crippen molar-refractivity contribution in [1.29, 1.82) is 0 Å². The average Bonchev–Trinajstić information content (AvgIpc) is 3.19. The van der Waals surface area contributed by atoms with E-state index in [9.17, 15) is 4.79 Å². The molecule has 0 aliphatic heterocycles. The number of carbonyl (C=O) groups is 1. The van der Waals surface area contributed by atoms with Crippen LogP contribution in [0.2, 0.25) is 0 Å². The number of amides is 1. The Hall–Kier alpha value is -2.31. The van der Waals surface area contributed by atoms with Crippen molar-refractivity contribution in [3.05, 3.63) is 59.5 Å². The zero-order chi connectivity index (χ0) is 21.1. The van der Waals surface area contributed by atoms with Gasteiger partial charge in [-0.3, -0.25) is 4.79 Å². The molecule has 2 aromatic heterocycles. The summed E-state index contributed by atoms with van der Waals surface area (Å²) in [5.74, 6) is 0.860. The minimum atomic E-state index is -0.195. The third-order valence-electron chi connectivity index (χ3n) is 5.57. The van der Waals surface area contributed by atoms with Crippen molar-refractivity contribution in [2.75, 3.05) is 13.2 Å². The van der Waals surface area contributed by atoms with Crippen LogP contribution in [0.5, 0.6) is 5.75 Å². The maximum atomic E-state index is 12.6. The first-order valence-corrected chi connectivity index (χ1v) is 11.0. The number of para-hydroxylation sites is 1. The molecule has 1 saturated carbocycles. The van der Waals surface area contributed by atoms with Crippen LogP contribution < -0.4 is 10.1 Å². The van der Waals surface area contributed by atoms with Crippen molar-refractivity contribution in [1.82, 2.24) is 19.9 Å². The summed E-state index contributed by atoms with van der Waals surface area (Å²) in [5, 5.41) is 7.33. The summed E-state index contributed by atoms with van der Waals surface area (Å²) in [6.45, 7) is 2.66. The van der Waals surface area contributed by atoms with Gasteiger partial charge in [-0.15, -0.1) is 23.2 Å². The lowest BCUT2D eigenvalue weighted by atomic mass is 9.84. The number of nitrogens with zero attached hydrogens (tertiary/aromatic N) is 3. The second kappa shape index (κ2) is 9.23. The normalized spacial score (nSPS) is 21.5. The number of nitrogens with one attached hydrogen (secondary N) is 1. The van der Waals surface area contributed by atoms with Gasteiger partial charge in [-0.1, -0.05) is 18.2 Å². The molecule has 0 radical (unpaired) electrons. The van der Waals surface area contributed by atoms with Gasteiger partial charge in [0.25, 0.3) is 5.91 Å². The van der Waals surface area contributed by atoms with Gasteiger partial charge in [0.15, 0.2) is 5.65 Å². The van der Waals surface area contributed by atoms with Gasteiger partial charge in [0.2, 0.25) is 0 Å². The van der Waals surface area contributed by atoms with Crippen LogP contribution in [0.4, 0.5) is 0 Å². The molecule has 6 nitrogen and oxygen atoms in total. The zero-order valence-electron chi connectivity index (χ0n) is 16.7. The molecule has 1 aliphatic rings. The van der Waals surface area contributed by atoms with Gasteiger partial charge in [-0.05, 0) is 44.2 Å². The molecule has 8 heteroatoms. The van der Waals surface area contributed by atoms with Gasteiger partial charge in [0, 0.05) is 17.1 Å². The Morgan fingerprint density at radius 1 is 1.20 bits per heavy atom. The lowest BCUT2D eigenvalue weighted by molar-refractivity contribution is 0.0945. The van der Waals surface area contributed by atoms with Crippen molar-refractivity contribution in [2.24, 2.45) is 0 Å². The molecule has 3 unspecified atom stereocenters. The topological polar surface area (TPSA) is 68.5 Å². The Morgan fingerprint density at radius 2 is 2.00 bits per heavy atom. The summed E-state index contributed by atoms with van der Waals surface area (Å²) >= 11 is 12.6. The summed E-state index contributed by atoms with van der Waals surface area (Å²) in [6.07, 6.45) is 6.11. The molecule has 4 rings (SSSR count). The Morgan fingerprint density at radius 3 is 2.77 bits per heavy atom. The second-order valence-electron chi connectivity index (χ2n) is 7.55. The molecule has 1 aromatic carbocycles. The van der Waals surface area contributed by atoms with Gasteiger partial charge in [-0.2, -0.15) is 5.10 Å². The summed E-state index contributed by atoms with van der Waals surface area (Å²) in [6, 6.07) is 9.50. The predicted molar refractivity (Wildman–Crippen MR) is 118 cm³/mol. The molecule has 0 spiro atoms. The smallest absolute Gasteiger partial charge is 0.254 e. The van der Waals surface area contributed by atoms with Gasteiger partial charge in [0.1, 0.15) is 12.4 Å². The Bertz CT molecular complexity index is 1020. The van der Waals surface area contributed by atoms with Crippen LogP contribution in [0.15, 0.2) is 42.7 Å². The largest absolute Gasteiger partial charge is 0.492 e. The van der Waals surface area contributed by atoms with E-state index in [0.29, 0.717) is 18.7 Å². The third kappa shape index (κ3) is 4.40.